The van der Waals surface area contributed by atoms with Crippen molar-refractivity contribution in [2.45, 2.75) is 51.6 Å². The second-order valence-corrected chi connectivity index (χ2v) is 7.47. The Labute approximate surface area is 154 Å². The number of rotatable bonds is 4. The summed E-state index contributed by atoms with van der Waals surface area (Å²) in [6.45, 7) is 4.77. The van der Waals surface area contributed by atoms with E-state index in [0.29, 0.717) is 24.0 Å². The summed E-state index contributed by atoms with van der Waals surface area (Å²) in [6.07, 6.45) is 5.05. The topological polar surface area (TPSA) is 109 Å². The van der Waals surface area contributed by atoms with Crippen LogP contribution in [0.5, 0.6) is 0 Å². The van der Waals surface area contributed by atoms with Gasteiger partial charge < -0.3 is 16.8 Å². The third kappa shape index (κ3) is 3.66. The number of amides is 1. The number of carbonyl (C=O) groups excluding carboxylic acids is 1. The molecule has 7 heteroatoms. The molecule has 1 heterocycles. The Hall–Kier alpha value is -2.57. The van der Waals surface area contributed by atoms with Gasteiger partial charge in [-0.1, -0.05) is 26.3 Å². The van der Waals surface area contributed by atoms with Crippen LogP contribution in [0.3, 0.4) is 0 Å². The molecule has 1 aromatic carbocycles. The first-order chi connectivity index (χ1) is 12.4. The minimum absolute atomic E-state index is 0.0891. The molecule has 0 radical (unpaired) electrons. The van der Waals surface area contributed by atoms with E-state index in [1.165, 1.54) is 6.42 Å². The van der Waals surface area contributed by atoms with Crippen LogP contribution < -0.4 is 21.7 Å². The molecule has 0 saturated heterocycles. The fourth-order valence-corrected chi connectivity index (χ4v) is 3.68. The maximum absolute atomic E-state index is 12.4. The van der Waals surface area contributed by atoms with Gasteiger partial charge in [-0.2, -0.15) is 4.99 Å². The van der Waals surface area contributed by atoms with E-state index < -0.39 is 5.66 Å². The van der Waals surface area contributed by atoms with Crippen LogP contribution in [0, 0.1) is 5.92 Å². The number of guanidine groups is 2. The van der Waals surface area contributed by atoms with Crippen molar-refractivity contribution < 1.29 is 4.79 Å². The highest BCUT2D eigenvalue weighted by Gasteiger charge is 2.42. The summed E-state index contributed by atoms with van der Waals surface area (Å²) in [7, 11) is 0. The zero-order chi connectivity index (χ0) is 18.7. The third-order valence-corrected chi connectivity index (χ3v) is 4.89. The summed E-state index contributed by atoms with van der Waals surface area (Å²) in [5.74, 6) is 0.870. The number of anilines is 1. The molecule has 0 atom stereocenters. The molecule has 0 bridgehead atoms. The fraction of sp³-hybridized carbons (Fsp3) is 0.526. The van der Waals surface area contributed by atoms with Crippen LogP contribution >= 0.6 is 0 Å². The molecule has 1 aliphatic heterocycles. The van der Waals surface area contributed by atoms with Crippen molar-refractivity contribution in [1.29, 1.82) is 0 Å². The molecule has 1 saturated carbocycles. The molecular formula is C19H28N6O. The number of nitrogens with one attached hydrogen (secondary N) is 1. The van der Waals surface area contributed by atoms with Gasteiger partial charge in [0.1, 0.15) is 5.66 Å². The maximum atomic E-state index is 12.4. The SMILES string of the molecule is CC(C)CNC(=O)c1cccc(N2C(N)=NC(N)=NC23CCCCC3)c1. The molecule has 3 rings (SSSR count). The molecule has 26 heavy (non-hydrogen) atoms. The number of nitrogens with zero attached hydrogens (tertiary/aromatic N) is 3. The van der Waals surface area contributed by atoms with Crippen LogP contribution in [0.2, 0.25) is 0 Å². The van der Waals surface area contributed by atoms with Gasteiger partial charge >= 0.3 is 0 Å². The summed E-state index contributed by atoms with van der Waals surface area (Å²) in [5, 5.41) is 2.95. The summed E-state index contributed by atoms with van der Waals surface area (Å²) in [5.41, 5.74) is 13.1. The molecule has 0 aromatic heterocycles. The smallest absolute Gasteiger partial charge is 0.251 e. The molecular weight excluding hydrogens is 328 g/mol. The molecule has 1 spiro atoms. The van der Waals surface area contributed by atoms with E-state index >= 15 is 0 Å². The Bertz CT molecular complexity index is 733. The molecule has 1 amide bonds. The van der Waals surface area contributed by atoms with Crippen molar-refractivity contribution in [1.82, 2.24) is 5.32 Å². The Balaban J connectivity index is 1.92. The van der Waals surface area contributed by atoms with E-state index in [9.17, 15) is 4.79 Å². The minimum atomic E-state index is -0.499. The van der Waals surface area contributed by atoms with E-state index in [-0.39, 0.29) is 11.9 Å². The molecule has 1 aliphatic carbocycles. The average Bonchev–Trinajstić information content (AvgIpc) is 2.59. The highest BCUT2D eigenvalue weighted by molar-refractivity contribution is 6.06. The van der Waals surface area contributed by atoms with Crippen LogP contribution in [0.15, 0.2) is 34.3 Å². The van der Waals surface area contributed by atoms with Crippen LogP contribution in [0.4, 0.5) is 5.69 Å². The van der Waals surface area contributed by atoms with E-state index in [1.54, 1.807) is 0 Å². The Morgan fingerprint density at radius 1 is 1.27 bits per heavy atom. The second kappa shape index (κ2) is 7.35. The summed E-state index contributed by atoms with van der Waals surface area (Å²) in [6, 6.07) is 7.47. The van der Waals surface area contributed by atoms with Gasteiger partial charge in [0, 0.05) is 17.8 Å². The lowest BCUT2D eigenvalue weighted by Gasteiger charge is -2.45. The lowest BCUT2D eigenvalue weighted by Crippen LogP contribution is -2.58. The zero-order valence-corrected chi connectivity index (χ0v) is 15.5. The molecule has 1 fully saturated rings. The van der Waals surface area contributed by atoms with Crippen LogP contribution in [-0.4, -0.2) is 30.0 Å². The molecule has 2 aliphatic rings. The largest absolute Gasteiger partial charge is 0.369 e. The number of nitrogens with two attached hydrogens (primary N) is 2. The van der Waals surface area contributed by atoms with E-state index in [1.807, 2.05) is 29.2 Å². The predicted molar refractivity (Wildman–Crippen MR) is 105 cm³/mol. The highest BCUT2D eigenvalue weighted by Crippen LogP contribution is 2.39. The quantitative estimate of drug-likeness (QED) is 0.768. The van der Waals surface area contributed by atoms with Crippen molar-refractivity contribution in [2.24, 2.45) is 27.4 Å². The van der Waals surface area contributed by atoms with Crippen molar-refractivity contribution in [2.75, 3.05) is 11.4 Å². The van der Waals surface area contributed by atoms with Crippen LogP contribution in [0.1, 0.15) is 56.3 Å². The molecule has 5 N–H and O–H groups in total. The number of hydrogen-bond acceptors (Lipinski definition) is 6. The standard InChI is InChI=1S/C19H28N6O/c1-13(2)12-22-16(26)14-7-6-8-15(11-14)25-18(21)23-17(20)24-19(25)9-4-3-5-10-19/h6-8,11,13H,3-5,9-10,12H2,1-2H3,(H,22,26)(H4,20,21,23,24). The number of carbonyl (C=O) groups is 1. The zero-order valence-electron chi connectivity index (χ0n) is 15.5. The fourth-order valence-electron chi connectivity index (χ4n) is 3.68. The molecule has 1 aromatic rings. The van der Waals surface area contributed by atoms with Crippen LogP contribution in [-0.2, 0) is 0 Å². The summed E-state index contributed by atoms with van der Waals surface area (Å²) >= 11 is 0. The number of benzene rings is 1. The first-order valence-electron chi connectivity index (χ1n) is 9.29. The van der Waals surface area contributed by atoms with Gasteiger partial charge in [-0.25, -0.2) is 4.99 Å². The number of aliphatic imine (C=N–C) groups is 2. The lowest BCUT2D eigenvalue weighted by molar-refractivity contribution is 0.0949. The first kappa shape index (κ1) is 18.2. The maximum Gasteiger partial charge on any atom is 0.251 e. The highest BCUT2D eigenvalue weighted by atomic mass is 16.1. The van der Waals surface area contributed by atoms with Crippen molar-refractivity contribution >= 4 is 23.5 Å². The average molecular weight is 356 g/mol. The lowest BCUT2D eigenvalue weighted by atomic mass is 9.87. The van der Waals surface area contributed by atoms with Gasteiger partial charge in [0.15, 0.2) is 0 Å². The summed E-state index contributed by atoms with van der Waals surface area (Å²) < 4.78 is 0. The van der Waals surface area contributed by atoms with Gasteiger partial charge in [0.25, 0.3) is 5.91 Å². The predicted octanol–water partition coefficient (Wildman–Crippen LogP) is 2.18. The van der Waals surface area contributed by atoms with Crippen molar-refractivity contribution in [3.63, 3.8) is 0 Å². The van der Waals surface area contributed by atoms with Gasteiger partial charge in [0.05, 0.1) is 0 Å². The monoisotopic (exact) mass is 356 g/mol. The van der Waals surface area contributed by atoms with Crippen molar-refractivity contribution in [3.05, 3.63) is 29.8 Å². The molecule has 7 nitrogen and oxygen atoms in total. The van der Waals surface area contributed by atoms with Gasteiger partial charge in [-0.05, 0) is 49.8 Å². The Kier molecular flexibility index (Phi) is 5.15. The van der Waals surface area contributed by atoms with Crippen molar-refractivity contribution in [3.8, 4) is 0 Å². The third-order valence-electron chi connectivity index (χ3n) is 4.89. The number of hydrogen-bond donors (Lipinski definition) is 3. The Morgan fingerprint density at radius 2 is 2.00 bits per heavy atom. The van der Waals surface area contributed by atoms with E-state index in [0.717, 1.165) is 31.4 Å². The first-order valence-corrected chi connectivity index (χ1v) is 9.29. The van der Waals surface area contributed by atoms with E-state index in [4.69, 9.17) is 11.5 Å². The van der Waals surface area contributed by atoms with Gasteiger partial charge in [-0.3, -0.25) is 9.69 Å². The van der Waals surface area contributed by atoms with Gasteiger partial charge in [0.2, 0.25) is 11.9 Å². The Morgan fingerprint density at radius 3 is 2.69 bits per heavy atom. The summed E-state index contributed by atoms with van der Waals surface area (Å²) in [4.78, 5) is 23.2. The van der Waals surface area contributed by atoms with E-state index in [2.05, 4.69) is 29.1 Å². The van der Waals surface area contributed by atoms with Crippen LogP contribution in [0.25, 0.3) is 0 Å². The minimum Gasteiger partial charge on any atom is -0.369 e. The van der Waals surface area contributed by atoms with Gasteiger partial charge in [-0.15, -0.1) is 0 Å². The molecule has 140 valence electrons. The second-order valence-electron chi connectivity index (χ2n) is 7.47. The molecule has 0 unspecified atom stereocenters. The normalized spacial score (nSPS) is 19.3.